The molecule has 0 aliphatic carbocycles. The Kier molecular flexibility index (Phi) is 9.11. The number of hydrogen-bond acceptors (Lipinski definition) is 5. The number of ether oxygens (including phenoxy) is 1. The fraction of sp³-hybridized carbons (Fsp3) is 0.600. The van der Waals surface area contributed by atoms with E-state index in [0.29, 0.717) is 31.9 Å². The van der Waals surface area contributed by atoms with E-state index < -0.39 is 12.1 Å². The molecule has 0 saturated carbocycles. The maximum absolute atomic E-state index is 13.0. The van der Waals surface area contributed by atoms with Crippen molar-refractivity contribution < 1.29 is 14.3 Å². The highest BCUT2D eigenvalue weighted by molar-refractivity contribution is 5.90. The topological polar surface area (TPSA) is 87.9 Å². The third kappa shape index (κ3) is 6.98. The molecule has 0 spiro atoms. The van der Waals surface area contributed by atoms with Crippen LogP contribution in [0.1, 0.15) is 51.2 Å². The van der Waals surface area contributed by atoms with Crippen molar-refractivity contribution in [2.75, 3.05) is 33.8 Å². The highest BCUT2D eigenvalue weighted by atomic mass is 16.5. The van der Waals surface area contributed by atoms with Gasteiger partial charge in [0.25, 0.3) is 0 Å². The summed E-state index contributed by atoms with van der Waals surface area (Å²) in [6.45, 7) is 8.13. The molecule has 176 valence electrons. The molecule has 0 aromatic heterocycles. The number of carbonyl (C=O) groups excluding carboxylic acids is 2. The molecule has 2 amide bonds. The van der Waals surface area contributed by atoms with Gasteiger partial charge in [-0.3, -0.25) is 9.59 Å². The molecule has 2 unspecified atom stereocenters. The summed E-state index contributed by atoms with van der Waals surface area (Å²) in [7, 11) is 4.04. The quantitative estimate of drug-likeness (QED) is 0.451. The second-order valence-corrected chi connectivity index (χ2v) is 9.72. The van der Waals surface area contributed by atoms with E-state index in [9.17, 15) is 9.59 Å². The summed E-state index contributed by atoms with van der Waals surface area (Å²) >= 11 is 0. The number of amides is 2. The molecule has 7 nitrogen and oxygen atoms in total. The van der Waals surface area contributed by atoms with E-state index in [-0.39, 0.29) is 17.2 Å². The van der Waals surface area contributed by atoms with Gasteiger partial charge in [0.15, 0.2) is 0 Å². The van der Waals surface area contributed by atoms with E-state index in [1.54, 1.807) is 4.90 Å². The molecule has 32 heavy (non-hydrogen) atoms. The minimum absolute atomic E-state index is 0.168. The Morgan fingerprint density at radius 3 is 2.72 bits per heavy atom. The summed E-state index contributed by atoms with van der Waals surface area (Å²) in [6.07, 6.45) is 7.85. The first-order valence-electron chi connectivity index (χ1n) is 11.3. The van der Waals surface area contributed by atoms with Crippen LogP contribution in [0.15, 0.2) is 18.2 Å². The fourth-order valence-corrected chi connectivity index (χ4v) is 3.64. The number of carbonyl (C=O) groups is 2. The molecule has 1 heterocycles. The Bertz CT molecular complexity index is 839. The zero-order valence-electron chi connectivity index (χ0n) is 20.1. The molecule has 1 aromatic carbocycles. The third-order valence-corrected chi connectivity index (χ3v) is 5.73. The van der Waals surface area contributed by atoms with Gasteiger partial charge in [-0.25, -0.2) is 0 Å². The summed E-state index contributed by atoms with van der Waals surface area (Å²) in [6, 6.07) is 4.40. The fourth-order valence-electron chi connectivity index (χ4n) is 3.64. The van der Waals surface area contributed by atoms with Crippen molar-refractivity contribution >= 4 is 11.8 Å². The first kappa shape index (κ1) is 25.7. The molecule has 1 aromatic rings. The van der Waals surface area contributed by atoms with Crippen molar-refractivity contribution in [2.45, 2.75) is 58.7 Å². The van der Waals surface area contributed by atoms with Gasteiger partial charge in [0.2, 0.25) is 11.8 Å². The summed E-state index contributed by atoms with van der Waals surface area (Å²) in [5, 5.41) is 2.98. The Balaban J connectivity index is 2.03. The zero-order chi connectivity index (χ0) is 23.9. The standard InChI is InChI=1S/C25H38N4O3/c1-7-18-11-12-19(21(16-18)32-15-9-13-28(5)6)17-27-23(30)20-10-8-14-29(20)24(31)22(26)25(2,3)4/h1,11-12,16,20,22H,8-10,13-15,17,26H2,2-6H3,(H,27,30). The number of rotatable bonds is 9. The second-order valence-electron chi connectivity index (χ2n) is 9.72. The van der Waals surface area contributed by atoms with Crippen molar-refractivity contribution in [3.63, 3.8) is 0 Å². The maximum Gasteiger partial charge on any atom is 0.243 e. The summed E-state index contributed by atoms with van der Waals surface area (Å²) in [5.41, 5.74) is 7.38. The lowest BCUT2D eigenvalue weighted by Crippen LogP contribution is -2.54. The highest BCUT2D eigenvalue weighted by Crippen LogP contribution is 2.25. The van der Waals surface area contributed by atoms with Crippen LogP contribution < -0.4 is 15.8 Å². The molecule has 7 heteroatoms. The van der Waals surface area contributed by atoms with Gasteiger partial charge >= 0.3 is 0 Å². The van der Waals surface area contributed by atoms with Gasteiger partial charge in [0, 0.05) is 30.8 Å². The largest absolute Gasteiger partial charge is 0.493 e. The molecular formula is C25H38N4O3. The number of nitrogens with two attached hydrogens (primary N) is 1. The molecule has 0 radical (unpaired) electrons. The normalized spacial score (nSPS) is 17.2. The molecule has 2 rings (SSSR count). The number of terminal acetylenes is 1. The van der Waals surface area contributed by atoms with Gasteiger partial charge in [-0.1, -0.05) is 32.8 Å². The second kappa shape index (κ2) is 11.3. The third-order valence-electron chi connectivity index (χ3n) is 5.73. The van der Waals surface area contributed by atoms with E-state index in [1.807, 2.05) is 53.1 Å². The lowest BCUT2D eigenvalue weighted by molar-refractivity contribution is -0.141. The van der Waals surface area contributed by atoms with Crippen LogP contribution in [0.2, 0.25) is 0 Å². The summed E-state index contributed by atoms with van der Waals surface area (Å²) in [4.78, 5) is 29.6. The Labute approximate surface area is 192 Å². The first-order valence-corrected chi connectivity index (χ1v) is 11.3. The van der Waals surface area contributed by atoms with E-state index in [0.717, 1.165) is 30.5 Å². The predicted molar refractivity (Wildman–Crippen MR) is 127 cm³/mol. The minimum Gasteiger partial charge on any atom is -0.493 e. The predicted octanol–water partition coefficient (Wildman–Crippen LogP) is 1.98. The smallest absolute Gasteiger partial charge is 0.243 e. The SMILES string of the molecule is C#Cc1ccc(CNC(=O)C2CCCN2C(=O)C(N)C(C)(C)C)c(OCCCN(C)C)c1. The number of nitrogens with one attached hydrogen (secondary N) is 1. The molecule has 1 aliphatic rings. The van der Waals surface area contributed by atoms with Crippen molar-refractivity contribution in [3.8, 4) is 18.1 Å². The van der Waals surface area contributed by atoms with Crippen LogP contribution in [-0.4, -0.2) is 67.5 Å². The van der Waals surface area contributed by atoms with E-state index >= 15 is 0 Å². The maximum atomic E-state index is 13.0. The Morgan fingerprint density at radius 2 is 2.09 bits per heavy atom. The van der Waals surface area contributed by atoms with Crippen molar-refractivity contribution in [3.05, 3.63) is 29.3 Å². The molecular weight excluding hydrogens is 404 g/mol. The van der Waals surface area contributed by atoms with Gasteiger partial charge in [0.1, 0.15) is 11.8 Å². The average molecular weight is 443 g/mol. The van der Waals surface area contributed by atoms with Crippen LogP contribution in [0, 0.1) is 17.8 Å². The van der Waals surface area contributed by atoms with Crippen molar-refractivity contribution in [2.24, 2.45) is 11.1 Å². The molecule has 0 bridgehead atoms. The number of hydrogen-bond donors (Lipinski definition) is 2. The molecule has 1 saturated heterocycles. The monoisotopic (exact) mass is 442 g/mol. The van der Waals surface area contributed by atoms with Crippen molar-refractivity contribution in [1.29, 1.82) is 0 Å². The van der Waals surface area contributed by atoms with Crippen LogP contribution in [-0.2, 0) is 16.1 Å². The number of benzene rings is 1. The van der Waals surface area contributed by atoms with E-state index in [1.165, 1.54) is 0 Å². The molecule has 3 N–H and O–H groups in total. The molecule has 1 aliphatic heterocycles. The first-order chi connectivity index (χ1) is 15.0. The number of nitrogens with zero attached hydrogens (tertiary/aromatic N) is 2. The highest BCUT2D eigenvalue weighted by Gasteiger charge is 2.39. The van der Waals surface area contributed by atoms with E-state index in [2.05, 4.69) is 16.1 Å². The van der Waals surface area contributed by atoms with Crippen molar-refractivity contribution in [1.82, 2.24) is 15.1 Å². The van der Waals surface area contributed by atoms with Crippen LogP contribution in [0.5, 0.6) is 5.75 Å². The van der Waals surface area contributed by atoms with Gasteiger partial charge in [-0.15, -0.1) is 6.42 Å². The average Bonchev–Trinajstić information content (AvgIpc) is 3.23. The zero-order valence-corrected chi connectivity index (χ0v) is 20.1. The lowest BCUT2D eigenvalue weighted by atomic mass is 9.86. The van der Waals surface area contributed by atoms with Gasteiger partial charge < -0.3 is 25.6 Å². The van der Waals surface area contributed by atoms with E-state index in [4.69, 9.17) is 16.9 Å². The van der Waals surface area contributed by atoms with Crippen LogP contribution in [0.4, 0.5) is 0 Å². The molecule has 2 atom stereocenters. The van der Waals surface area contributed by atoms with Gasteiger partial charge in [-0.05, 0) is 50.9 Å². The summed E-state index contributed by atoms with van der Waals surface area (Å²) in [5.74, 6) is 2.96. The number of likely N-dealkylation sites (tertiary alicyclic amines) is 1. The minimum atomic E-state index is -0.644. The van der Waals surface area contributed by atoms with Crippen LogP contribution >= 0.6 is 0 Å². The van der Waals surface area contributed by atoms with Gasteiger partial charge in [-0.2, -0.15) is 0 Å². The summed E-state index contributed by atoms with van der Waals surface area (Å²) < 4.78 is 5.96. The molecule has 1 fully saturated rings. The Morgan fingerprint density at radius 1 is 1.38 bits per heavy atom. The Hall–Kier alpha value is -2.56. The van der Waals surface area contributed by atoms with Gasteiger partial charge in [0.05, 0.1) is 12.6 Å². The van der Waals surface area contributed by atoms with Crippen LogP contribution in [0.3, 0.4) is 0 Å². The van der Waals surface area contributed by atoms with Crippen LogP contribution in [0.25, 0.3) is 0 Å². The lowest BCUT2D eigenvalue weighted by Gasteiger charge is -2.32.